The second kappa shape index (κ2) is 6.06. The van der Waals surface area contributed by atoms with E-state index in [1.165, 1.54) is 37.9 Å². The van der Waals surface area contributed by atoms with E-state index >= 15 is 0 Å². The van der Waals surface area contributed by atoms with Crippen LogP contribution in [0.25, 0.3) is 0 Å². The van der Waals surface area contributed by atoms with E-state index in [0.717, 1.165) is 13.0 Å². The molecule has 0 aromatic carbocycles. The summed E-state index contributed by atoms with van der Waals surface area (Å²) in [6.45, 7) is 3.54. The van der Waals surface area contributed by atoms with E-state index < -0.39 is 0 Å². The Bertz CT molecular complexity index is 275. The maximum absolute atomic E-state index is 3.60. The molecule has 2 heterocycles. The highest BCUT2D eigenvalue weighted by Gasteiger charge is 2.14. The Morgan fingerprint density at radius 3 is 3.06 bits per heavy atom. The van der Waals surface area contributed by atoms with Gasteiger partial charge in [0.2, 0.25) is 0 Å². The third kappa shape index (κ3) is 3.65. The highest BCUT2D eigenvalue weighted by atomic mass is 15.1. The highest BCUT2D eigenvalue weighted by molar-refractivity contribution is 5.08. The number of likely N-dealkylation sites (N-methyl/N-ethyl adjacent to an activating group) is 1. The van der Waals surface area contributed by atoms with Gasteiger partial charge in [0.25, 0.3) is 0 Å². The molecule has 1 aliphatic rings. The van der Waals surface area contributed by atoms with Crippen molar-refractivity contribution in [3.05, 3.63) is 24.0 Å². The Labute approximate surface area is 98.2 Å². The molecule has 2 N–H and O–H groups in total. The quantitative estimate of drug-likeness (QED) is 0.792. The Morgan fingerprint density at radius 2 is 2.38 bits per heavy atom. The molecule has 1 aliphatic heterocycles. The predicted molar refractivity (Wildman–Crippen MR) is 67.6 cm³/mol. The van der Waals surface area contributed by atoms with Crippen molar-refractivity contribution in [2.75, 3.05) is 26.7 Å². The van der Waals surface area contributed by atoms with E-state index in [0.29, 0.717) is 6.04 Å². The molecule has 0 radical (unpaired) electrons. The van der Waals surface area contributed by atoms with Gasteiger partial charge in [0.1, 0.15) is 0 Å². The maximum Gasteiger partial charge on any atom is 0.0194 e. The molecule has 1 aromatic rings. The van der Waals surface area contributed by atoms with Crippen molar-refractivity contribution in [3.63, 3.8) is 0 Å². The van der Waals surface area contributed by atoms with Crippen LogP contribution in [-0.2, 0) is 6.42 Å². The van der Waals surface area contributed by atoms with Crippen molar-refractivity contribution >= 4 is 0 Å². The topological polar surface area (TPSA) is 31.1 Å². The van der Waals surface area contributed by atoms with Gasteiger partial charge < -0.3 is 15.2 Å². The van der Waals surface area contributed by atoms with Gasteiger partial charge >= 0.3 is 0 Å². The van der Waals surface area contributed by atoms with Gasteiger partial charge in [-0.3, -0.25) is 0 Å². The van der Waals surface area contributed by atoms with Gasteiger partial charge in [-0.1, -0.05) is 6.42 Å². The van der Waals surface area contributed by atoms with Gasteiger partial charge in [0.15, 0.2) is 0 Å². The Balaban J connectivity index is 1.65. The number of hydrogen-bond acceptors (Lipinski definition) is 2. The first-order chi connectivity index (χ1) is 7.84. The zero-order chi connectivity index (χ0) is 11.2. The second-order valence-electron chi connectivity index (χ2n) is 4.88. The molecule has 1 aromatic heterocycles. The molecule has 90 valence electrons. The van der Waals surface area contributed by atoms with Crippen molar-refractivity contribution in [2.45, 2.75) is 31.7 Å². The molecule has 1 saturated heterocycles. The summed E-state index contributed by atoms with van der Waals surface area (Å²) in [6.07, 6.45) is 9.32. The van der Waals surface area contributed by atoms with Gasteiger partial charge in [-0.15, -0.1) is 0 Å². The first-order valence-electron chi connectivity index (χ1n) is 6.38. The van der Waals surface area contributed by atoms with Crippen LogP contribution in [0.15, 0.2) is 18.5 Å². The number of aromatic amines is 1. The second-order valence-corrected chi connectivity index (χ2v) is 4.88. The number of nitrogens with zero attached hydrogens (tertiary/aromatic N) is 1. The minimum absolute atomic E-state index is 0.713. The summed E-state index contributed by atoms with van der Waals surface area (Å²) in [4.78, 5) is 5.54. The summed E-state index contributed by atoms with van der Waals surface area (Å²) >= 11 is 0. The Morgan fingerprint density at radius 1 is 1.44 bits per heavy atom. The molecule has 1 atom stereocenters. The van der Waals surface area contributed by atoms with Crippen LogP contribution >= 0.6 is 0 Å². The molecule has 0 amide bonds. The lowest BCUT2D eigenvalue weighted by molar-refractivity contribution is 0.264. The summed E-state index contributed by atoms with van der Waals surface area (Å²) < 4.78 is 0. The molecule has 0 bridgehead atoms. The van der Waals surface area contributed by atoms with Crippen LogP contribution < -0.4 is 5.32 Å². The lowest BCUT2D eigenvalue weighted by atomic mass is 10.0. The lowest BCUT2D eigenvalue weighted by Gasteiger charge is -2.28. The largest absolute Gasteiger partial charge is 0.367 e. The van der Waals surface area contributed by atoms with Crippen molar-refractivity contribution in [3.8, 4) is 0 Å². The van der Waals surface area contributed by atoms with Crippen molar-refractivity contribution in [1.29, 1.82) is 0 Å². The SMILES string of the molecule is CN(CCc1cc[nH]c1)CC1CCCCN1. The normalized spacial score (nSPS) is 21.5. The van der Waals surface area contributed by atoms with Crippen molar-refractivity contribution < 1.29 is 0 Å². The molecule has 1 fully saturated rings. The van der Waals surface area contributed by atoms with Gasteiger partial charge in [0.05, 0.1) is 0 Å². The van der Waals surface area contributed by atoms with Crippen LogP contribution in [0.3, 0.4) is 0 Å². The van der Waals surface area contributed by atoms with E-state index in [4.69, 9.17) is 0 Å². The van der Waals surface area contributed by atoms with Gasteiger partial charge in [-0.25, -0.2) is 0 Å². The zero-order valence-corrected chi connectivity index (χ0v) is 10.2. The van der Waals surface area contributed by atoms with Crippen LogP contribution in [0.4, 0.5) is 0 Å². The Hall–Kier alpha value is -0.800. The molecular formula is C13H23N3. The third-order valence-electron chi connectivity index (χ3n) is 3.39. The van der Waals surface area contributed by atoms with Gasteiger partial charge in [-0.2, -0.15) is 0 Å². The predicted octanol–water partition coefficient (Wildman–Crippen LogP) is 1.63. The van der Waals surface area contributed by atoms with Crippen molar-refractivity contribution in [2.24, 2.45) is 0 Å². The average molecular weight is 221 g/mol. The van der Waals surface area contributed by atoms with E-state index in [9.17, 15) is 0 Å². The number of nitrogens with one attached hydrogen (secondary N) is 2. The minimum atomic E-state index is 0.713. The molecule has 0 saturated carbocycles. The summed E-state index contributed by atoms with van der Waals surface area (Å²) in [6, 6.07) is 2.87. The summed E-state index contributed by atoms with van der Waals surface area (Å²) in [5, 5.41) is 3.60. The fourth-order valence-corrected chi connectivity index (χ4v) is 2.38. The summed E-state index contributed by atoms with van der Waals surface area (Å²) in [7, 11) is 2.23. The smallest absolute Gasteiger partial charge is 0.0194 e. The first kappa shape index (κ1) is 11.7. The number of H-pyrrole nitrogens is 1. The molecule has 16 heavy (non-hydrogen) atoms. The molecule has 3 nitrogen and oxygen atoms in total. The highest BCUT2D eigenvalue weighted by Crippen LogP contribution is 2.08. The number of rotatable bonds is 5. The molecule has 3 heteroatoms. The van der Waals surface area contributed by atoms with Crippen LogP contribution in [0.1, 0.15) is 24.8 Å². The van der Waals surface area contributed by atoms with Crippen molar-refractivity contribution in [1.82, 2.24) is 15.2 Å². The maximum atomic E-state index is 3.60. The molecule has 0 aliphatic carbocycles. The third-order valence-corrected chi connectivity index (χ3v) is 3.39. The van der Waals surface area contributed by atoms with E-state index in [1.807, 2.05) is 6.20 Å². The average Bonchev–Trinajstić information content (AvgIpc) is 2.81. The first-order valence-corrected chi connectivity index (χ1v) is 6.38. The monoisotopic (exact) mass is 221 g/mol. The molecule has 0 spiro atoms. The van der Waals surface area contributed by atoms with Crippen LogP contribution in [0.2, 0.25) is 0 Å². The molecular weight excluding hydrogens is 198 g/mol. The molecule has 1 unspecified atom stereocenters. The fourth-order valence-electron chi connectivity index (χ4n) is 2.38. The Kier molecular flexibility index (Phi) is 4.43. The summed E-state index contributed by atoms with van der Waals surface area (Å²) in [5.41, 5.74) is 1.41. The van der Waals surface area contributed by atoms with E-state index in [-0.39, 0.29) is 0 Å². The fraction of sp³-hybridized carbons (Fsp3) is 0.692. The van der Waals surface area contributed by atoms with Gasteiger partial charge in [-0.05, 0) is 44.5 Å². The van der Waals surface area contributed by atoms with Crippen LogP contribution in [0, 0.1) is 0 Å². The summed E-state index contributed by atoms with van der Waals surface area (Å²) in [5.74, 6) is 0. The standard InChI is InChI=1S/C13H23N3/c1-16(9-6-12-5-8-14-10-12)11-13-4-2-3-7-15-13/h5,8,10,13-15H,2-4,6-7,9,11H2,1H3. The molecule has 2 rings (SSSR count). The number of aromatic nitrogens is 1. The number of piperidine rings is 1. The van der Waals surface area contributed by atoms with E-state index in [1.54, 1.807) is 0 Å². The lowest BCUT2D eigenvalue weighted by Crippen LogP contribution is -2.42. The van der Waals surface area contributed by atoms with E-state index in [2.05, 4.69) is 34.5 Å². The van der Waals surface area contributed by atoms with Crippen LogP contribution in [-0.4, -0.2) is 42.6 Å². The number of hydrogen-bond donors (Lipinski definition) is 2. The zero-order valence-electron chi connectivity index (χ0n) is 10.2. The van der Waals surface area contributed by atoms with Gasteiger partial charge in [0, 0.05) is 31.5 Å². The minimum Gasteiger partial charge on any atom is -0.367 e. The van der Waals surface area contributed by atoms with Crippen LogP contribution in [0.5, 0.6) is 0 Å².